The van der Waals surface area contributed by atoms with E-state index in [0.717, 1.165) is 24.5 Å². The first-order valence-corrected chi connectivity index (χ1v) is 7.98. The lowest BCUT2D eigenvalue weighted by atomic mass is 9.91. The Morgan fingerprint density at radius 3 is 2.42 bits per heavy atom. The summed E-state index contributed by atoms with van der Waals surface area (Å²) in [5.41, 5.74) is 7.31. The molecule has 1 unspecified atom stereocenters. The van der Waals surface area contributed by atoms with Crippen LogP contribution < -0.4 is 10.5 Å². The third-order valence-corrected chi connectivity index (χ3v) is 4.33. The summed E-state index contributed by atoms with van der Waals surface area (Å²) >= 11 is 1.87. The first-order chi connectivity index (χ1) is 9.05. The predicted octanol–water partition coefficient (Wildman–Crippen LogP) is 2.25. The molecule has 0 radical (unpaired) electrons. The number of ether oxygens (including phenoxy) is 1. The molecule has 4 heteroatoms. The molecule has 0 heterocycles. The zero-order chi connectivity index (χ0) is 14.3. The number of benzene rings is 1. The zero-order valence-corrected chi connectivity index (χ0v) is 13.3. The minimum absolute atomic E-state index is 0.00428. The molecule has 0 amide bonds. The van der Waals surface area contributed by atoms with Gasteiger partial charge in [0.2, 0.25) is 0 Å². The van der Waals surface area contributed by atoms with E-state index >= 15 is 0 Å². The van der Waals surface area contributed by atoms with Gasteiger partial charge in [0.1, 0.15) is 5.75 Å². The first-order valence-electron chi connectivity index (χ1n) is 6.59. The predicted molar refractivity (Wildman–Crippen MR) is 85.2 cm³/mol. The van der Waals surface area contributed by atoms with E-state index in [9.17, 15) is 0 Å². The molecule has 2 N–H and O–H groups in total. The molecular formula is C15H26N2OS. The van der Waals surface area contributed by atoms with Gasteiger partial charge in [-0.3, -0.25) is 4.90 Å². The van der Waals surface area contributed by atoms with Crippen LogP contribution in [0.15, 0.2) is 24.3 Å². The van der Waals surface area contributed by atoms with Gasteiger partial charge < -0.3 is 10.5 Å². The highest BCUT2D eigenvalue weighted by Gasteiger charge is 2.27. The van der Waals surface area contributed by atoms with Gasteiger partial charge in [0.25, 0.3) is 0 Å². The Morgan fingerprint density at radius 2 is 1.95 bits per heavy atom. The Balaban J connectivity index is 2.72. The van der Waals surface area contributed by atoms with Gasteiger partial charge in [0.15, 0.2) is 0 Å². The van der Waals surface area contributed by atoms with Crippen molar-refractivity contribution >= 4 is 11.8 Å². The Bertz CT molecular complexity index is 369. The maximum Gasteiger partial charge on any atom is 0.118 e. The summed E-state index contributed by atoms with van der Waals surface area (Å²) in [6.07, 6.45) is 3.09. The molecule has 1 aromatic rings. The van der Waals surface area contributed by atoms with E-state index in [-0.39, 0.29) is 5.54 Å². The van der Waals surface area contributed by atoms with E-state index in [1.165, 1.54) is 5.56 Å². The van der Waals surface area contributed by atoms with Crippen LogP contribution in [0.2, 0.25) is 0 Å². The molecule has 0 spiro atoms. The smallest absolute Gasteiger partial charge is 0.118 e. The molecule has 0 saturated carbocycles. The average Bonchev–Trinajstić information content (AvgIpc) is 2.45. The molecule has 0 saturated heterocycles. The van der Waals surface area contributed by atoms with Crippen molar-refractivity contribution in [1.29, 1.82) is 0 Å². The topological polar surface area (TPSA) is 38.5 Å². The number of nitrogens with two attached hydrogens (primary N) is 1. The summed E-state index contributed by atoms with van der Waals surface area (Å²) in [5.74, 6) is 2.03. The van der Waals surface area contributed by atoms with E-state index in [4.69, 9.17) is 10.5 Å². The van der Waals surface area contributed by atoms with Crippen molar-refractivity contribution in [3.63, 3.8) is 0 Å². The van der Waals surface area contributed by atoms with Crippen LogP contribution in [0.4, 0.5) is 0 Å². The van der Waals surface area contributed by atoms with Crippen LogP contribution in [0, 0.1) is 0 Å². The van der Waals surface area contributed by atoms with E-state index in [2.05, 4.69) is 37.3 Å². The van der Waals surface area contributed by atoms with Crippen molar-refractivity contribution in [3.05, 3.63) is 29.8 Å². The summed E-state index contributed by atoms with van der Waals surface area (Å²) in [7, 11) is 3.85. The third-order valence-electron chi connectivity index (χ3n) is 3.74. The first kappa shape index (κ1) is 16.3. The van der Waals surface area contributed by atoms with Crippen LogP contribution in [0.25, 0.3) is 0 Å². The van der Waals surface area contributed by atoms with Crippen molar-refractivity contribution in [2.45, 2.75) is 18.9 Å². The van der Waals surface area contributed by atoms with Gasteiger partial charge >= 0.3 is 0 Å². The molecule has 0 aliphatic carbocycles. The lowest BCUT2D eigenvalue weighted by Crippen LogP contribution is -2.52. The number of thioether (sulfide) groups is 1. The van der Waals surface area contributed by atoms with Gasteiger partial charge in [-0.1, -0.05) is 12.1 Å². The summed E-state index contributed by atoms with van der Waals surface area (Å²) in [4.78, 5) is 2.37. The summed E-state index contributed by atoms with van der Waals surface area (Å²) in [5, 5.41) is 0. The van der Waals surface area contributed by atoms with Gasteiger partial charge in [0, 0.05) is 24.4 Å². The molecule has 0 fully saturated rings. The normalized spacial score (nSPS) is 14.4. The minimum atomic E-state index is 0.00428. The van der Waals surface area contributed by atoms with Crippen molar-refractivity contribution in [2.75, 3.05) is 39.3 Å². The minimum Gasteiger partial charge on any atom is -0.497 e. The monoisotopic (exact) mass is 282 g/mol. The van der Waals surface area contributed by atoms with E-state index in [1.54, 1.807) is 7.11 Å². The molecule has 3 nitrogen and oxygen atoms in total. The fraction of sp³-hybridized carbons (Fsp3) is 0.600. The average molecular weight is 282 g/mol. The zero-order valence-electron chi connectivity index (χ0n) is 12.5. The van der Waals surface area contributed by atoms with Crippen molar-refractivity contribution in [1.82, 2.24) is 4.90 Å². The summed E-state index contributed by atoms with van der Waals surface area (Å²) < 4.78 is 5.19. The third kappa shape index (κ3) is 4.71. The van der Waals surface area contributed by atoms with Crippen LogP contribution in [0.5, 0.6) is 5.75 Å². The van der Waals surface area contributed by atoms with Crippen LogP contribution in [-0.2, 0) is 6.42 Å². The highest BCUT2D eigenvalue weighted by Crippen LogP contribution is 2.21. The second kappa shape index (κ2) is 7.78. The number of likely N-dealkylation sites (N-methyl/N-ethyl adjacent to an activating group) is 1. The van der Waals surface area contributed by atoms with E-state index in [1.807, 2.05) is 23.9 Å². The molecule has 0 aliphatic rings. The fourth-order valence-electron chi connectivity index (χ4n) is 2.04. The maximum atomic E-state index is 6.01. The number of nitrogens with zero attached hydrogens (tertiary/aromatic N) is 1. The Morgan fingerprint density at radius 1 is 1.32 bits per heavy atom. The quantitative estimate of drug-likeness (QED) is 0.794. The van der Waals surface area contributed by atoms with E-state index in [0.29, 0.717) is 6.54 Å². The van der Waals surface area contributed by atoms with Gasteiger partial charge in [0.05, 0.1) is 7.11 Å². The SMILES string of the molecule is COc1ccc(CC(C)(CN)N(C)CCSC)cc1. The Kier molecular flexibility index (Phi) is 6.69. The number of hydrogen-bond acceptors (Lipinski definition) is 4. The largest absolute Gasteiger partial charge is 0.497 e. The maximum absolute atomic E-state index is 6.01. The number of hydrogen-bond donors (Lipinski definition) is 1. The molecule has 1 aromatic carbocycles. The van der Waals surface area contributed by atoms with Gasteiger partial charge in [-0.2, -0.15) is 11.8 Å². The lowest BCUT2D eigenvalue weighted by molar-refractivity contribution is 0.153. The lowest BCUT2D eigenvalue weighted by Gasteiger charge is -2.38. The van der Waals surface area contributed by atoms with Crippen LogP contribution in [0.3, 0.4) is 0 Å². The van der Waals surface area contributed by atoms with Crippen LogP contribution in [-0.4, -0.2) is 49.7 Å². The van der Waals surface area contributed by atoms with E-state index < -0.39 is 0 Å². The Hall–Kier alpha value is -0.710. The Labute approximate surface area is 121 Å². The molecule has 0 aliphatic heterocycles. The molecule has 108 valence electrons. The van der Waals surface area contributed by atoms with Crippen molar-refractivity contribution < 1.29 is 4.74 Å². The molecule has 19 heavy (non-hydrogen) atoms. The highest BCUT2D eigenvalue weighted by atomic mass is 32.2. The van der Waals surface area contributed by atoms with Crippen molar-refractivity contribution in [3.8, 4) is 5.75 Å². The van der Waals surface area contributed by atoms with Gasteiger partial charge in [-0.15, -0.1) is 0 Å². The summed E-state index contributed by atoms with van der Waals surface area (Å²) in [6, 6.07) is 8.26. The highest BCUT2D eigenvalue weighted by molar-refractivity contribution is 7.98. The molecule has 1 rings (SSSR count). The van der Waals surface area contributed by atoms with Gasteiger partial charge in [-0.05, 0) is 44.3 Å². The molecular weight excluding hydrogens is 256 g/mol. The van der Waals surface area contributed by atoms with Crippen LogP contribution >= 0.6 is 11.8 Å². The molecule has 1 atom stereocenters. The van der Waals surface area contributed by atoms with Crippen molar-refractivity contribution in [2.24, 2.45) is 5.73 Å². The van der Waals surface area contributed by atoms with Crippen LogP contribution in [0.1, 0.15) is 12.5 Å². The number of rotatable bonds is 8. The second-order valence-corrected chi connectivity index (χ2v) is 6.13. The fourth-order valence-corrected chi connectivity index (χ4v) is 2.50. The molecule has 0 aromatic heterocycles. The summed E-state index contributed by atoms with van der Waals surface area (Å²) in [6.45, 7) is 3.95. The number of methoxy groups -OCH3 is 1. The standard InChI is InChI=1S/C15H26N2OS/c1-15(12-16,17(2)9-10-19-4)11-13-5-7-14(18-3)8-6-13/h5-8H,9-12,16H2,1-4H3. The van der Waals surface area contributed by atoms with Gasteiger partial charge in [-0.25, -0.2) is 0 Å². The second-order valence-electron chi connectivity index (χ2n) is 5.14. The molecule has 0 bridgehead atoms.